The largest absolute Gasteiger partial charge is 0.378 e. The van der Waals surface area contributed by atoms with Crippen LogP contribution in [0.5, 0.6) is 0 Å². The molecule has 1 aromatic carbocycles. The molecule has 1 aliphatic rings. The molecule has 0 radical (unpaired) electrons. The van der Waals surface area contributed by atoms with Crippen LogP contribution in [-0.4, -0.2) is 44.7 Å². The van der Waals surface area contributed by atoms with Crippen molar-refractivity contribution in [1.82, 2.24) is 9.97 Å². The van der Waals surface area contributed by atoms with Gasteiger partial charge in [-0.15, -0.1) is 0 Å². The minimum absolute atomic E-state index is 0.204. The number of sulfonamides is 1. The first-order valence-electron chi connectivity index (χ1n) is 6.98. The lowest BCUT2D eigenvalue weighted by molar-refractivity contribution is 0.122. The molecule has 7 nitrogen and oxygen atoms in total. The van der Waals surface area contributed by atoms with E-state index in [4.69, 9.17) is 4.74 Å². The summed E-state index contributed by atoms with van der Waals surface area (Å²) >= 11 is 2.12. The van der Waals surface area contributed by atoms with E-state index < -0.39 is 10.0 Å². The molecule has 0 unspecified atom stereocenters. The van der Waals surface area contributed by atoms with Gasteiger partial charge in [0.25, 0.3) is 10.0 Å². The fourth-order valence-corrected chi connectivity index (χ4v) is 3.52. The summed E-state index contributed by atoms with van der Waals surface area (Å²) < 4.78 is 33.3. The van der Waals surface area contributed by atoms with E-state index in [2.05, 4.69) is 37.3 Å². The Balaban J connectivity index is 1.73. The van der Waals surface area contributed by atoms with Crippen molar-refractivity contribution in [1.29, 1.82) is 0 Å². The number of anilines is 2. The van der Waals surface area contributed by atoms with E-state index in [9.17, 15) is 8.42 Å². The number of hydrogen-bond donors (Lipinski definition) is 1. The number of nitrogens with zero attached hydrogens (tertiary/aromatic N) is 3. The molecule has 23 heavy (non-hydrogen) atoms. The van der Waals surface area contributed by atoms with Gasteiger partial charge in [-0.2, -0.15) is 0 Å². The van der Waals surface area contributed by atoms with E-state index in [-0.39, 0.29) is 4.90 Å². The third kappa shape index (κ3) is 4.09. The normalized spacial score (nSPS) is 15.4. The van der Waals surface area contributed by atoms with E-state index in [1.807, 2.05) is 4.90 Å². The molecule has 9 heteroatoms. The zero-order valence-electron chi connectivity index (χ0n) is 12.1. The first kappa shape index (κ1) is 16.4. The van der Waals surface area contributed by atoms with Crippen molar-refractivity contribution < 1.29 is 13.2 Å². The molecule has 2 aromatic rings. The van der Waals surface area contributed by atoms with Crippen LogP contribution in [0.25, 0.3) is 0 Å². The highest BCUT2D eigenvalue weighted by atomic mass is 127. The van der Waals surface area contributed by atoms with Gasteiger partial charge in [-0.1, -0.05) is 0 Å². The van der Waals surface area contributed by atoms with Crippen molar-refractivity contribution >= 4 is 44.2 Å². The van der Waals surface area contributed by atoms with Gasteiger partial charge in [0.1, 0.15) is 0 Å². The number of ether oxygens (including phenoxy) is 1. The lowest BCUT2D eigenvalue weighted by Crippen LogP contribution is -2.37. The van der Waals surface area contributed by atoms with E-state index in [0.717, 1.165) is 16.7 Å². The lowest BCUT2D eigenvalue weighted by atomic mass is 10.4. The predicted molar refractivity (Wildman–Crippen MR) is 95.0 cm³/mol. The fraction of sp³-hybridized carbons (Fsp3) is 0.286. The summed E-state index contributed by atoms with van der Waals surface area (Å²) in [6.07, 6.45) is 2.95. The second-order valence-corrected chi connectivity index (χ2v) is 7.86. The molecule has 0 aliphatic carbocycles. The van der Waals surface area contributed by atoms with Gasteiger partial charge in [0.2, 0.25) is 5.95 Å². The molecule has 1 N–H and O–H groups in total. The molecule has 1 aliphatic heterocycles. The molecule has 0 atom stereocenters. The average molecular weight is 446 g/mol. The van der Waals surface area contributed by atoms with Crippen molar-refractivity contribution in [3.05, 3.63) is 40.2 Å². The average Bonchev–Trinajstić information content (AvgIpc) is 2.56. The molecular weight excluding hydrogens is 431 g/mol. The molecule has 2 heterocycles. The van der Waals surface area contributed by atoms with Crippen LogP contribution in [0.2, 0.25) is 0 Å². The van der Waals surface area contributed by atoms with E-state index in [1.54, 1.807) is 24.3 Å². The highest BCUT2D eigenvalue weighted by Gasteiger charge is 2.16. The zero-order valence-corrected chi connectivity index (χ0v) is 15.1. The van der Waals surface area contributed by atoms with Gasteiger partial charge in [-0.05, 0) is 46.9 Å². The van der Waals surface area contributed by atoms with Crippen molar-refractivity contribution in [2.24, 2.45) is 0 Å². The first-order valence-corrected chi connectivity index (χ1v) is 9.54. The molecular formula is C14H15IN4O3S. The highest BCUT2D eigenvalue weighted by molar-refractivity contribution is 14.1. The Morgan fingerprint density at radius 3 is 2.30 bits per heavy atom. The summed E-state index contributed by atoms with van der Waals surface area (Å²) in [5.41, 5.74) is 0.334. The van der Waals surface area contributed by atoms with Crippen LogP contribution in [0, 0.1) is 3.57 Å². The third-order valence-electron chi connectivity index (χ3n) is 3.31. The lowest BCUT2D eigenvalue weighted by Gasteiger charge is -2.26. The number of morpholine rings is 1. The van der Waals surface area contributed by atoms with Crippen LogP contribution in [0.4, 0.5) is 11.6 Å². The van der Waals surface area contributed by atoms with Gasteiger partial charge < -0.3 is 9.64 Å². The van der Waals surface area contributed by atoms with Gasteiger partial charge in [-0.25, -0.2) is 18.4 Å². The number of aromatic nitrogens is 2. The van der Waals surface area contributed by atoms with Gasteiger partial charge in [0.15, 0.2) is 0 Å². The summed E-state index contributed by atoms with van der Waals surface area (Å²) in [7, 11) is -3.63. The van der Waals surface area contributed by atoms with Crippen molar-refractivity contribution in [3.8, 4) is 0 Å². The van der Waals surface area contributed by atoms with Gasteiger partial charge in [0, 0.05) is 16.7 Å². The van der Waals surface area contributed by atoms with Crippen LogP contribution in [-0.2, 0) is 14.8 Å². The smallest absolute Gasteiger partial charge is 0.261 e. The Morgan fingerprint density at radius 2 is 1.70 bits per heavy atom. The molecule has 0 spiro atoms. The van der Waals surface area contributed by atoms with Gasteiger partial charge in [-0.3, -0.25) is 4.72 Å². The summed E-state index contributed by atoms with van der Waals surface area (Å²) in [6, 6.07) is 6.61. The second kappa shape index (κ2) is 6.97. The van der Waals surface area contributed by atoms with Crippen molar-refractivity contribution in [2.45, 2.75) is 4.90 Å². The highest BCUT2D eigenvalue weighted by Crippen LogP contribution is 2.17. The Hall–Kier alpha value is -1.46. The maximum Gasteiger partial charge on any atom is 0.261 e. The zero-order chi connectivity index (χ0) is 16.3. The number of hydrogen-bond acceptors (Lipinski definition) is 6. The Kier molecular flexibility index (Phi) is 4.97. The van der Waals surface area contributed by atoms with Gasteiger partial charge in [0.05, 0.1) is 36.2 Å². The summed E-state index contributed by atoms with van der Waals surface area (Å²) in [5, 5.41) is 0. The number of nitrogens with one attached hydrogen (secondary N) is 1. The maximum absolute atomic E-state index is 12.3. The SMILES string of the molecule is O=S(=O)(Nc1cnc(N2CCOCC2)nc1)c1ccc(I)cc1. The number of benzene rings is 1. The van der Waals surface area contributed by atoms with E-state index in [0.29, 0.717) is 24.8 Å². The van der Waals surface area contributed by atoms with E-state index in [1.165, 1.54) is 12.4 Å². The topological polar surface area (TPSA) is 84.4 Å². The molecule has 0 amide bonds. The number of rotatable bonds is 4. The maximum atomic E-state index is 12.3. The molecule has 1 fully saturated rings. The minimum atomic E-state index is -3.63. The summed E-state index contributed by atoms with van der Waals surface area (Å²) in [5.74, 6) is 0.575. The Labute approximate surface area is 148 Å². The predicted octanol–water partition coefficient (Wildman–Crippen LogP) is 1.72. The molecule has 122 valence electrons. The fourth-order valence-electron chi connectivity index (χ4n) is 2.13. The standard InChI is InChI=1S/C14H15IN4O3S/c15-11-1-3-13(4-2-11)23(20,21)18-12-9-16-14(17-10-12)19-5-7-22-8-6-19/h1-4,9-10,18H,5-8H2. The van der Waals surface area contributed by atoms with Crippen LogP contribution >= 0.6 is 22.6 Å². The molecule has 0 saturated carbocycles. The van der Waals surface area contributed by atoms with E-state index >= 15 is 0 Å². The van der Waals surface area contributed by atoms with Crippen molar-refractivity contribution in [2.75, 3.05) is 35.9 Å². The third-order valence-corrected chi connectivity index (χ3v) is 5.42. The second-order valence-electron chi connectivity index (χ2n) is 4.93. The molecule has 1 aromatic heterocycles. The van der Waals surface area contributed by atoms with Crippen LogP contribution in [0.3, 0.4) is 0 Å². The Bertz CT molecular complexity index is 760. The number of halogens is 1. The van der Waals surface area contributed by atoms with Crippen LogP contribution < -0.4 is 9.62 Å². The minimum Gasteiger partial charge on any atom is -0.378 e. The summed E-state index contributed by atoms with van der Waals surface area (Å²) in [4.78, 5) is 10.7. The Morgan fingerprint density at radius 1 is 1.09 bits per heavy atom. The van der Waals surface area contributed by atoms with Gasteiger partial charge >= 0.3 is 0 Å². The van der Waals surface area contributed by atoms with Crippen LogP contribution in [0.15, 0.2) is 41.6 Å². The molecule has 1 saturated heterocycles. The first-order chi connectivity index (χ1) is 11.0. The van der Waals surface area contributed by atoms with Crippen LogP contribution in [0.1, 0.15) is 0 Å². The molecule has 3 rings (SSSR count). The van der Waals surface area contributed by atoms with Crippen molar-refractivity contribution in [3.63, 3.8) is 0 Å². The molecule has 0 bridgehead atoms. The monoisotopic (exact) mass is 446 g/mol. The summed E-state index contributed by atoms with van der Waals surface area (Å²) in [6.45, 7) is 2.75. The quantitative estimate of drug-likeness (QED) is 0.721.